The lowest BCUT2D eigenvalue weighted by molar-refractivity contribution is 0.0308. The number of pyridine rings is 2. The van der Waals surface area contributed by atoms with Crippen molar-refractivity contribution in [3.63, 3.8) is 0 Å². The van der Waals surface area contributed by atoms with E-state index in [1.165, 1.54) is 0 Å². The summed E-state index contributed by atoms with van der Waals surface area (Å²) in [6.45, 7) is 4.13. The maximum atomic E-state index is 13.8. The van der Waals surface area contributed by atoms with Gasteiger partial charge in [0, 0.05) is 55.3 Å². The summed E-state index contributed by atoms with van der Waals surface area (Å²) in [4.78, 5) is 13.5. The predicted octanol–water partition coefficient (Wildman–Crippen LogP) is 4.66. The lowest BCUT2D eigenvalue weighted by atomic mass is 9.84. The molecule has 42 heavy (non-hydrogen) atoms. The first-order chi connectivity index (χ1) is 20.5. The van der Waals surface area contributed by atoms with Crippen LogP contribution in [0.15, 0.2) is 53.2 Å². The molecule has 3 aromatic heterocycles. The lowest BCUT2D eigenvalue weighted by Gasteiger charge is -2.45. The Labute approximate surface area is 243 Å². The van der Waals surface area contributed by atoms with Gasteiger partial charge in [-0.1, -0.05) is 6.07 Å². The number of benzene rings is 1. The topological polar surface area (TPSA) is 111 Å². The van der Waals surface area contributed by atoms with E-state index >= 15 is 0 Å². The van der Waals surface area contributed by atoms with Crippen LogP contribution in [0, 0.1) is 17.2 Å². The third kappa shape index (κ3) is 4.87. The fourth-order valence-electron chi connectivity index (χ4n) is 6.69. The van der Waals surface area contributed by atoms with Gasteiger partial charge in [0.15, 0.2) is 11.3 Å². The van der Waals surface area contributed by atoms with Crippen LogP contribution in [0.25, 0.3) is 33.7 Å². The van der Waals surface area contributed by atoms with E-state index in [1.54, 1.807) is 25.6 Å². The molecule has 0 aliphatic carbocycles. The van der Waals surface area contributed by atoms with Crippen LogP contribution in [-0.2, 0) is 0 Å². The molecule has 0 amide bonds. The van der Waals surface area contributed by atoms with Gasteiger partial charge in [0.25, 0.3) is 0 Å². The van der Waals surface area contributed by atoms with Crippen LogP contribution < -0.4 is 15.0 Å². The number of nitrogens with zero attached hydrogens (tertiary/aromatic N) is 5. The van der Waals surface area contributed by atoms with Crippen molar-refractivity contribution in [2.75, 3.05) is 44.7 Å². The second-order valence-corrected chi connectivity index (χ2v) is 11.5. The Balaban J connectivity index is 1.17. The number of hydrogen-bond donors (Lipinski definition) is 2. The quantitative estimate of drug-likeness (QED) is 0.308. The summed E-state index contributed by atoms with van der Waals surface area (Å²) in [5.74, 6) is 1.55. The minimum Gasteiger partial charge on any atom is -0.494 e. The first kappa shape index (κ1) is 26.8. The molecular formula is C32H33FN6O3. The number of furan rings is 1. The van der Waals surface area contributed by atoms with Gasteiger partial charge in [-0.15, -0.1) is 0 Å². The second-order valence-electron chi connectivity index (χ2n) is 11.5. The van der Waals surface area contributed by atoms with Gasteiger partial charge in [-0.05, 0) is 68.1 Å². The van der Waals surface area contributed by atoms with E-state index in [4.69, 9.17) is 9.15 Å². The monoisotopic (exact) mass is 568 g/mol. The summed E-state index contributed by atoms with van der Waals surface area (Å²) >= 11 is 0. The Hall–Kier alpha value is -4.04. The maximum Gasteiger partial charge on any atom is 0.161 e. The molecule has 2 N–H and O–H groups in total. The van der Waals surface area contributed by atoms with Crippen LogP contribution in [0.2, 0.25) is 0 Å². The molecule has 4 saturated heterocycles. The van der Waals surface area contributed by atoms with Gasteiger partial charge in [0.05, 0.1) is 18.4 Å². The van der Waals surface area contributed by atoms with Crippen LogP contribution in [0.4, 0.5) is 10.1 Å². The number of aromatic nitrogens is 2. The summed E-state index contributed by atoms with van der Waals surface area (Å²) in [5.41, 5.74) is 5.15. The van der Waals surface area contributed by atoms with Crippen LogP contribution in [0.5, 0.6) is 5.75 Å². The molecule has 8 rings (SSSR count). The smallest absolute Gasteiger partial charge is 0.161 e. The molecule has 4 aromatic rings. The van der Waals surface area contributed by atoms with E-state index < -0.39 is 12.4 Å². The van der Waals surface area contributed by atoms with Crippen molar-refractivity contribution in [1.82, 2.24) is 20.2 Å². The Morgan fingerprint density at radius 1 is 1.12 bits per heavy atom. The number of methoxy groups -OCH3 is 1. The molecule has 4 fully saturated rings. The summed E-state index contributed by atoms with van der Waals surface area (Å²) < 4.78 is 25.8. The molecular weight excluding hydrogens is 535 g/mol. The third-order valence-electron chi connectivity index (χ3n) is 8.98. The summed E-state index contributed by atoms with van der Waals surface area (Å²) in [5, 5.41) is 24.3. The Morgan fingerprint density at radius 2 is 1.98 bits per heavy atom. The molecule has 1 aromatic carbocycles. The predicted molar refractivity (Wildman–Crippen MR) is 157 cm³/mol. The molecule has 2 bridgehead atoms. The number of fused-ring (bicyclic) bond motifs is 4. The summed E-state index contributed by atoms with van der Waals surface area (Å²) in [6.07, 6.45) is 4.41. The van der Waals surface area contributed by atoms with Gasteiger partial charge in [0.2, 0.25) is 0 Å². The highest BCUT2D eigenvalue weighted by Crippen LogP contribution is 2.38. The molecule has 7 heterocycles. The van der Waals surface area contributed by atoms with Crippen LogP contribution in [0.3, 0.4) is 0 Å². The standard InChI is InChI=1S/C32H33FN6O3/c1-41-28-13-22(32(40)37-26-18-38-9-5-19(26)6-10-38)16-36-30(28)29-14-25-31(42-29)24(4-8-35-25)20-2-3-27(21(12-20)15-34)39-11-7-23(33)17-39/h2-4,8,12-14,16,19,23,26,32,37,40H,5-7,9-11,17-18H2,1H3/t23-,26?,32-/m1/s1. The number of aliphatic hydroxyl groups is 1. The molecule has 0 spiro atoms. The molecule has 216 valence electrons. The number of hydrogen-bond acceptors (Lipinski definition) is 9. The minimum absolute atomic E-state index is 0.250. The normalized spacial score (nSPS) is 24.2. The fourth-order valence-corrected chi connectivity index (χ4v) is 6.69. The van der Waals surface area contributed by atoms with Gasteiger partial charge in [-0.3, -0.25) is 10.3 Å². The van der Waals surface area contributed by atoms with Crippen LogP contribution in [-0.4, -0.2) is 72.0 Å². The van der Waals surface area contributed by atoms with E-state index in [9.17, 15) is 14.8 Å². The molecule has 1 unspecified atom stereocenters. The van der Waals surface area contributed by atoms with Gasteiger partial charge in [-0.2, -0.15) is 5.26 Å². The van der Waals surface area contributed by atoms with Crippen molar-refractivity contribution in [2.45, 2.75) is 37.7 Å². The van der Waals surface area contributed by atoms with Crippen LogP contribution >= 0.6 is 0 Å². The van der Waals surface area contributed by atoms with Gasteiger partial charge in [-0.25, -0.2) is 9.37 Å². The summed E-state index contributed by atoms with van der Waals surface area (Å²) in [6, 6.07) is 13.6. The van der Waals surface area contributed by atoms with Crippen LogP contribution in [0.1, 0.15) is 36.6 Å². The fraction of sp³-hybridized carbons (Fsp3) is 0.406. The first-order valence-electron chi connectivity index (χ1n) is 14.5. The highest BCUT2D eigenvalue weighted by Gasteiger charge is 2.35. The van der Waals surface area contributed by atoms with E-state index in [2.05, 4.69) is 26.3 Å². The van der Waals surface area contributed by atoms with E-state index in [1.807, 2.05) is 35.2 Å². The third-order valence-corrected chi connectivity index (χ3v) is 8.98. The highest BCUT2D eigenvalue weighted by atomic mass is 19.1. The first-order valence-corrected chi connectivity index (χ1v) is 14.5. The van der Waals surface area contributed by atoms with Crippen molar-refractivity contribution in [3.8, 4) is 34.4 Å². The molecule has 0 saturated carbocycles. The van der Waals surface area contributed by atoms with E-state index in [-0.39, 0.29) is 6.04 Å². The highest BCUT2D eigenvalue weighted by molar-refractivity contribution is 5.93. The minimum atomic E-state index is -0.873. The largest absolute Gasteiger partial charge is 0.494 e. The Kier molecular flexibility index (Phi) is 7.02. The van der Waals surface area contributed by atoms with E-state index in [0.717, 1.165) is 49.3 Å². The molecule has 4 aliphatic rings. The average molecular weight is 569 g/mol. The van der Waals surface area contributed by atoms with Gasteiger partial charge in [0.1, 0.15) is 35.4 Å². The van der Waals surface area contributed by atoms with Crippen molar-refractivity contribution in [1.29, 1.82) is 5.26 Å². The number of nitrogens with one attached hydrogen (secondary N) is 1. The van der Waals surface area contributed by atoms with Crippen molar-refractivity contribution in [2.24, 2.45) is 5.92 Å². The second kappa shape index (κ2) is 11.0. The summed E-state index contributed by atoms with van der Waals surface area (Å²) in [7, 11) is 1.57. The zero-order valence-electron chi connectivity index (χ0n) is 23.5. The molecule has 4 aliphatic heterocycles. The van der Waals surface area contributed by atoms with E-state index in [0.29, 0.717) is 64.9 Å². The number of rotatable bonds is 7. The molecule has 10 heteroatoms. The maximum absolute atomic E-state index is 13.8. The van der Waals surface area contributed by atoms with Gasteiger partial charge < -0.3 is 24.1 Å². The average Bonchev–Trinajstić information content (AvgIpc) is 3.67. The molecule has 0 radical (unpaired) electrons. The zero-order valence-corrected chi connectivity index (χ0v) is 23.5. The number of aliphatic hydroxyl groups excluding tert-OH is 1. The number of halogens is 1. The number of alkyl halides is 1. The lowest BCUT2D eigenvalue weighted by Crippen LogP contribution is -2.56. The molecule has 3 atom stereocenters. The number of piperidine rings is 3. The number of anilines is 1. The van der Waals surface area contributed by atoms with Crippen molar-refractivity contribution < 1.29 is 18.7 Å². The van der Waals surface area contributed by atoms with Crippen molar-refractivity contribution in [3.05, 3.63) is 59.9 Å². The number of nitriles is 1. The van der Waals surface area contributed by atoms with Crippen molar-refractivity contribution >= 4 is 16.8 Å². The Bertz CT molecular complexity index is 1660. The number of ether oxygens (including phenoxy) is 1. The SMILES string of the molecule is COc1cc([C@@H](O)NC2CN3CCC2CC3)cnc1-c1cc2nccc(-c3ccc(N4CC[C@@H](F)C4)c(C#N)c3)c2o1. The van der Waals surface area contributed by atoms with Gasteiger partial charge >= 0.3 is 0 Å². The molecule has 9 nitrogen and oxygen atoms in total. The zero-order chi connectivity index (χ0) is 28.8. The Morgan fingerprint density at radius 3 is 2.69 bits per heavy atom.